The predicted molar refractivity (Wildman–Crippen MR) is 93.3 cm³/mol. The van der Waals surface area contributed by atoms with Gasteiger partial charge in [0.05, 0.1) is 6.54 Å². The number of rotatable bonds is 5. The Morgan fingerprint density at radius 1 is 1.23 bits per heavy atom. The maximum absolute atomic E-state index is 12.5. The molecule has 1 N–H and O–H groups in total. The number of aryl methyl sites for hydroxylation is 2. The molecule has 2 aromatic rings. The average Bonchev–Trinajstić information content (AvgIpc) is 2.72. The van der Waals surface area contributed by atoms with Crippen molar-refractivity contribution in [3.8, 4) is 0 Å². The van der Waals surface area contributed by atoms with Crippen LogP contribution in [-0.4, -0.2) is 16.9 Å². The number of nitrogens with one attached hydrogen (secondary N) is 1. The molecule has 0 saturated heterocycles. The molecule has 1 aromatic heterocycles. The van der Waals surface area contributed by atoms with Crippen molar-refractivity contribution in [2.24, 2.45) is 0 Å². The first-order valence-electron chi connectivity index (χ1n) is 7.53. The van der Waals surface area contributed by atoms with Crippen LogP contribution in [0.25, 0.3) is 0 Å². The first kappa shape index (κ1) is 16.6. The molecule has 0 aliphatic carbocycles. The van der Waals surface area contributed by atoms with E-state index in [1.54, 1.807) is 0 Å². The van der Waals surface area contributed by atoms with Gasteiger partial charge in [-0.25, -0.2) is 0 Å². The quantitative estimate of drug-likeness (QED) is 0.792. The van der Waals surface area contributed by atoms with Gasteiger partial charge in [0.2, 0.25) is 0 Å². The Balaban J connectivity index is 2.15. The molecule has 0 unspecified atom stereocenters. The number of halogens is 1. The zero-order chi connectivity index (χ0) is 16.4. The molecule has 118 valence electrons. The first-order chi connectivity index (χ1) is 10.3. The SMILES string of the molecule is Cc1cc(Cl)ccc1NCC(=O)c1cc(C)n(C(C)C)c1C. The van der Waals surface area contributed by atoms with Crippen LogP contribution in [0.3, 0.4) is 0 Å². The minimum Gasteiger partial charge on any atom is -0.377 e. The van der Waals surface area contributed by atoms with Crippen LogP contribution in [0, 0.1) is 20.8 Å². The summed E-state index contributed by atoms with van der Waals surface area (Å²) in [5.41, 5.74) is 4.93. The number of nitrogens with zero attached hydrogens (tertiary/aromatic N) is 1. The van der Waals surface area contributed by atoms with Gasteiger partial charge in [0.15, 0.2) is 5.78 Å². The summed E-state index contributed by atoms with van der Waals surface area (Å²) in [5, 5.41) is 3.91. The number of hydrogen-bond acceptors (Lipinski definition) is 2. The van der Waals surface area contributed by atoms with Crippen LogP contribution in [-0.2, 0) is 0 Å². The normalized spacial score (nSPS) is 11.0. The van der Waals surface area contributed by atoms with Gasteiger partial charge in [-0.3, -0.25) is 4.79 Å². The van der Waals surface area contributed by atoms with Crippen LogP contribution in [0.5, 0.6) is 0 Å². The summed E-state index contributed by atoms with van der Waals surface area (Å²) in [6, 6.07) is 7.95. The van der Waals surface area contributed by atoms with Gasteiger partial charge >= 0.3 is 0 Å². The number of anilines is 1. The van der Waals surface area contributed by atoms with E-state index in [4.69, 9.17) is 11.6 Å². The molecule has 0 radical (unpaired) electrons. The highest BCUT2D eigenvalue weighted by Gasteiger charge is 2.17. The Labute approximate surface area is 137 Å². The molecule has 0 aliphatic rings. The van der Waals surface area contributed by atoms with Crippen molar-refractivity contribution in [1.29, 1.82) is 0 Å². The minimum absolute atomic E-state index is 0.106. The highest BCUT2D eigenvalue weighted by atomic mass is 35.5. The van der Waals surface area contributed by atoms with Crippen LogP contribution in [0.1, 0.15) is 47.2 Å². The fraction of sp³-hybridized carbons (Fsp3) is 0.389. The first-order valence-corrected chi connectivity index (χ1v) is 7.90. The summed E-state index contributed by atoms with van der Waals surface area (Å²) in [6.45, 7) is 10.6. The molecule has 0 bridgehead atoms. The number of aromatic nitrogens is 1. The maximum Gasteiger partial charge on any atom is 0.183 e. The van der Waals surface area contributed by atoms with Crippen LogP contribution in [0.2, 0.25) is 5.02 Å². The fourth-order valence-corrected chi connectivity index (χ4v) is 3.18. The van der Waals surface area contributed by atoms with Crippen molar-refractivity contribution < 1.29 is 4.79 Å². The highest BCUT2D eigenvalue weighted by Crippen LogP contribution is 2.22. The summed E-state index contributed by atoms with van der Waals surface area (Å²) in [7, 11) is 0. The highest BCUT2D eigenvalue weighted by molar-refractivity contribution is 6.30. The summed E-state index contributed by atoms with van der Waals surface area (Å²) in [6.07, 6.45) is 0. The average molecular weight is 319 g/mol. The van der Waals surface area contributed by atoms with Gasteiger partial charge in [-0.1, -0.05) is 11.6 Å². The van der Waals surface area contributed by atoms with Crippen molar-refractivity contribution in [2.75, 3.05) is 11.9 Å². The van der Waals surface area contributed by atoms with E-state index in [2.05, 4.69) is 23.7 Å². The lowest BCUT2D eigenvalue weighted by Crippen LogP contribution is -2.15. The third kappa shape index (κ3) is 3.36. The third-order valence-corrected chi connectivity index (χ3v) is 4.16. The second-order valence-corrected chi connectivity index (χ2v) is 6.42. The van der Waals surface area contributed by atoms with E-state index in [0.717, 1.165) is 28.2 Å². The Morgan fingerprint density at radius 3 is 2.45 bits per heavy atom. The molecular weight excluding hydrogens is 296 g/mol. The van der Waals surface area contributed by atoms with Gasteiger partial charge in [0, 0.05) is 33.7 Å². The lowest BCUT2D eigenvalue weighted by atomic mass is 10.1. The van der Waals surface area contributed by atoms with Crippen molar-refractivity contribution >= 4 is 23.1 Å². The van der Waals surface area contributed by atoms with Gasteiger partial charge in [-0.05, 0) is 64.4 Å². The molecule has 0 amide bonds. The number of Topliss-reactive ketones (excluding diaryl/α,β-unsaturated/α-hetero) is 1. The molecule has 0 saturated carbocycles. The monoisotopic (exact) mass is 318 g/mol. The van der Waals surface area contributed by atoms with Gasteiger partial charge < -0.3 is 9.88 Å². The van der Waals surface area contributed by atoms with Crippen LogP contribution in [0.15, 0.2) is 24.3 Å². The van der Waals surface area contributed by atoms with Crippen molar-refractivity contribution in [3.63, 3.8) is 0 Å². The molecule has 0 atom stereocenters. The van der Waals surface area contributed by atoms with Crippen LogP contribution in [0.4, 0.5) is 5.69 Å². The standard InChI is InChI=1S/C18H23ClN2O/c1-11(2)21-13(4)9-16(14(21)5)18(22)10-20-17-7-6-15(19)8-12(17)3/h6-9,11,20H,10H2,1-5H3. The van der Waals surface area contributed by atoms with E-state index >= 15 is 0 Å². The number of carbonyl (C=O) groups is 1. The lowest BCUT2D eigenvalue weighted by molar-refractivity contribution is 0.101. The van der Waals surface area contributed by atoms with E-state index in [1.807, 2.05) is 45.0 Å². The molecule has 2 rings (SSSR count). The second kappa shape index (κ2) is 6.57. The Morgan fingerprint density at radius 2 is 1.91 bits per heavy atom. The molecule has 4 heteroatoms. The maximum atomic E-state index is 12.5. The molecule has 22 heavy (non-hydrogen) atoms. The van der Waals surface area contributed by atoms with Gasteiger partial charge in [-0.15, -0.1) is 0 Å². The molecule has 0 aliphatic heterocycles. The summed E-state index contributed by atoms with van der Waals surface area (Å²) in [4.78, 5) is 12.5. The van der Waals surface area contributed by atoms with Crippen molar-refractivity contribution in [2.45, 2.75) is 40.7 Å². The van der Waals surface area contributed by atoms with Crippen molar-refractivity contribution in [1.82, 2.24) is 4.57 Å². The molecule has 0 fully saturated rings. The molecule has 3 nitrogen and oxygen atoms in total. The smallest absolute Gasteiger partial charge is 0.183 e. The van der Waals surface area contributed by atoms with E-state index in [0.29, 0.717) is 11.1 Å². The van der Waals surface area contributed by atoms with E-state index in [1.165, 1.54) is 0 Å². The lowest BCUT2D eigenvalue weighted by Gasteiger charge is -2.14. The molecule has 1 aromatic carbocycles. The topological polar surface area (TPSA) is 34.0 Å². The Kier molecular flexibility index (Phi) is 4.97. The Bertz CT molecular complexity index is 701. The predicted octanol–water partition coefficient (Wildman–Crippen LogP) is 4.94. The fourth-order valence-electron chi connectivity index (χ4n) is 2.95. The van der Waals surface area contributed by atoms with E-state index < -0.39 is 0 Å². The van der Waals surface area contributed by atoms with Crippen molar-refractivity contribution in [3.05, 3.63) is 51.8 Å². The summed E-state index contributed by atoms with van der Waals surface area (Å²) >= 11 is 5.95. The number of benzene rings is 1. The van der Waals surface area contributed by atoms with Gasteiger partial charge in [0.1, 0.15) is 0 Å². The largest absolute Gasteiger partial charge is 0.377 e. The van der Waals surface area contributed by atoms with Gasteiger partial charge in [0.25, 0.3) is 0 Å². The number of carbonyl (C=O) groups excluding carboxylic acids is 1. The Hall–Kier alpha value is -1.74. The number of hydrogen-bond donors (Lipinski definition) is 1. The van der Waals surface area contributed by atoms with Gasteiger partial charge in [-0.2, -0.15) is 0 Å². The van der Waals surface area contributed by atoms with E-state index in [9.17, 15) is 4.79 Å². The summed E-state index contributed by atoms with van der Waals surface area (Å²) in [5.74, 6) is 0.106. The van der Waals surface area contributed by atoms with E-state index in [-0.39, 0.29) is 12.3 Å². The third-order valence-electron chi connectivity index (χ3n) is 3.93. The second-order valence-electron chi connectivity index (χ2n) is 5.98. The molecular formula is C18H23ClN2O. The zero-order valence-corrected chi connectivity index (χ0v) is 14.6. The zero-order valence-electron chi connectivity index (χ0n) is 13.8. The number of ketones is 1. The molecule has 1 heterocycles. The molecule has 0 spiro atoms. The summed E-state index contributed by atoms with van der Waals surface area (Å²) < 4.78 is 2.20. The van der Waals surface area contributed by atoms with Crippen LogP contribution >= 0.6 is 11.6 Å². The minimum atomic E-state index is 0.106. The van der Waals surface area contributed by atoms with Crippen LogP contribution < -0.4 is 5.32 Å².